The maximum atomic E-state index is 13.6. The lowest BCUT2D eigenvalue weighted by molar-refractivity contribution is 0.0989. The fourth-order valence-electron chi connectivity index (χ4n) is 1.66. The first kappa shape index (κ1) is 12.7. The van der Waals surface area contributed by atoms with Crippen LogP contribution in [0.5, 0.6) is 0 Å². The molecule has 0 aliphatic heterocycles. The molecule has 1 aromatic heterocycles. The van der Waals surface area contributed by atoms with Gasteiger partial charge < -0.3 is 0 Å². The van der Waals surface area contributed by atoms with Gasteiger partial charge in [0.15, 0.2) is 5.78 Å². The molecule has 0 radical (unpaired) electrons. The van der Waals surface area contributed by atoms with Gasteiger partial charge in [-0.05, 0) is 36.2 Å². The summed E-state index contributed by atoms with van der Waals surface area (Å²) in [7, 11) is 0. The summed E-state index contributed by atoms with van der Waals surface area (Å²) in [5, 5.41) is 0.415. The van der Waals surface area contributed by atoms with Crippen LogP contribution in [0.3, 0.4) is 0 Å². The van der Waals surface area contributed by atoms with Gasteiger partial charge in [0.1, 0.15) is 5.82 Å². The van der Waals surface area contributed by atoms with Crippen molar-refractivity contribution in [2.45, 2.75) is 13.3 Å². The smallest absolute Gasteiger partial charge is 0.170 e. The second-order valence-corrected chi connectivity index (χ2v) is 4.46. The summed E-state index contributed by atoms with van der Waals surface area (Å²) < 4.78 is 13.6. The summed E-state index contributed by atoms with van der Waals surface area (Å²) in [5.41, 5.74) is 1.52. The van der Waals surface area contributed by atoms with E-state index in [9.17, 15) is 9.18 Å². The number of carbonyl (C=O) groups is 1. The minimum Gasteiger partial charge on any atom is -0.294 e. The lowest BCUT2D eigenvalue weighted by Crippen LogP contribution is -2.07. The summed E-state index contributed by atoms with van der Waals surface area (Å²) in [4.78, 5) is 15.8. The van der Waals surface area contributed by atoms with E-state index in [1.54, 1.807) is 25.3 Å². The average Bonchev–Trinajstić information content (AvgIpc) is 2.32. The molecule has 0 fully saturated rings. The van der Waals surface area contributed by atoms with Gasteiger partial charge in [-0.2, -0.15) is 0 Å². The highest BCUT2D eigenvalue weighted by molar-refractivity contribution is 6.31. The van der Waals surface area contributed by atoms with E-state index >= 15 is 0 Å². The highest BCUT2D eigenvalue weighted by atomic mass is 35.5. The molecule has 0 saturated heterocycles. The van der Waals surface area contributed by atoms with Crippen molar-refractivity contribution in [3.8, 4) is 0 Å². The summed E-state index contributed by atoms with van der Waals surface area (Å²) >= 11 is 5.91. The van der Waals surface area contributed by atoms with Crippen molar-refractivity contribution in [2.75, 3.05) is 0 Å². The number of nitrogens with zero attached hydrogens (tertiary/aromatic N) is 1. The third-order valence-corrected chi connectivity index (χ3v) is 2.97. The number of ketones is 1. The molecule has 2 rings (SSSR count). The molecule has 0 N–H and O–H groups in total. The topological polar surface area (TPSA) is 30.0 Å². The Hall–Kier alpha value is -1.74. The number of aryl methyl sites for hydroxylation is 1. The van der Waals surface area contributed by atoms with E-state index < -0.39 is 5.82 Å². The molecule has 0 aliphatic rings. The number of halogens is 2. The Morgan fingerprint density at radius 3 is 2.83 bits per heavy atom. The van der Waals surface area contributed by atoms with Gasteiger partial charge in [0.2, 0.25) is 0 Å². The molecule has 0 aliphatic carbocycles. The molecule has 18 heavy (non-hydrogen) atoms. The molecule has 0 amide bonds. The summed E-state index contributed by atoms with van der Waals surface area (Å²) in [6.07, 6.45) is 3.09. The second kappa shape index (κ2) is 5.27. The van der Waals surface area contributed by atoms with Crippen LogP contribution in [-0.4, -0.2) is 10.8 Å². The molecular formula is C14H11ClFNO. The Balaban J connectivity index is 2.25. The van der Waals surface area contributed by atoms with E-state index in [4.69, 9.17) is 11.6 Å². The van der Waals surface area contributed by atoms with Crippen LogP contribution in [0, 0.1) is 12.7 Å². The lowest BCUT2D eigenvalue weighted by atomic mass is 10.0. The number of aromatic nitrogens is 1. The maximum absolute atomic E-state index is 13.6. The van der Waals surface area contributed by atoms with E-state index in [2.05, 4.69) is 4.98 Å². The summed E-state index contributed by atoms with van der Waals surface area (Å²) in [5.74, 6) is -0.786. The molecule has 4 heteroatoms. The first-order valence-electron chi connectivity index (χ1n) is 5.45. The number of carbonyl (C=O) groups excluding carboxylic acids is 1. The van der Waals surface area contributed by atoms with Gasteiger partial charge >= 0.3 is 0 Å². The first-order valence-corrected chi connectivity index (χ1v) is 5.83. The van der Waals surface area contributed by atoms with Crippen LogP contribution >= 0.6 is 11.6 Å². The van der Waals surface area contributed by atoms with Gasteiger partial charge in [-0.3, -0.25) is 9.78 Å². The van der Waals surface area contributed by atoms with E-state index in [1.807, 2.05) is 0 Å². The Kier molecular flexibility index (Phi) is 3.72. The minimum atomic E-state index is -0.495. The number of hydrogen-bond donors (Lipinski definition) is 0. The van der Waals surface area contributed by atoms with Crippen molar-refractivity contribution < 1.29 is 9.18 Å². The molecule has 0 spiro atoms. The van der Waals surface area contributed by atoms with Crippen molar-refractivity contribution in [1.29, 1.82) is 0 Å². The zero-order valence-corrected chi connectivity index (χ0v) is 10.5. The van der Waals surface area contributed by atoms with Crippen molar-refractivity contribution >= 4 is 17.4 Å². The second-order valence-electron chi connectivity index (χ2n) is 4.05. The van der Waals surface area contributed by atoms with Gasteiger partial charge in [0.25, 0.3) is 0 Å². The normalized spacial score (nSPS) is 10.4. The van der Waals surface area contributed by atoms with Gasteiger partial charge in [0, 0.05) is 18.8 Å². The van der Waals surface area contributed by atoms with E-state index in [0.717, 1.165) is 5.56 Å². The van der Waals surface area contributed by atoms with Crippen LogP contribution in [0.4, 0.5) is 4.39 Å². The Morgan fingerprint density at radius 2 is 2.17 bits per heavy atom. The summed E-state index contributed by atoms with van der Waals surface area (Å²) in [6.45, 7) is 1.77. The molecule has 0 saturated carbocycles. The third kappa shape index (κ3) is 2.74. The monoisotopic (exact) mass is 263 g/mol. The average molecular weight is 264 g/mol. The summed E-state index contributed by atoms with van der Waals surface area (Å²) in [6, 6.07) is 6.22. The molecule has 0 unspecified atom stereocenters. The van der Waals surface area contributed by atoms with Gasteiger partial charge in [-0.25, -0.2) is 4.39 Å². The number of rotatable bonds is 3. The molecule has 92 valence electrons. The lowest BCUT2D eigenvalue weighted by Gasteiger charge is -2.05. The van der Waals surface area contributed by atoms with Crippen molar-refractivity contribution in [3.05, 3.63) is 64.2 Å². The van der Waals surface area contributed by atoms with Crippen LogP contribution in [-0.2, 0) is 6.42 Å². The van der Waals surface area contributed by atoms with Crippen LogP contribution in [0.15, 0.2) is 36.7 Å². The third-order valence-electron chi connectivity index (χ3n) is 2.63. The maximum Gasteiger partial charge on any atom is 0.170 e. The molecular weight excluding hydrogens is 253 g/mol. The molecule has 1 heterocycles. The number of hydrogen-bond acceptors (Lipinski definition) is 2. The molecule has 1 aromatic carbocycles. The van der Waals surface area contributed by atoms with E-state index in [-0.39, 0.29) is 17.8 Å². The van der Waals surface area contributed by atoms with Crippen molar-refractivity contribution in [1.82, 2.24) is 4.98 Å². The van der Waals surface area contributed by atoms with E-state index in [1.165, 1.54) is 18.3 Å². The van der Waals surface area contributed by atoms with Crippen molar-refractivity contribution in [2.24, 2.45) is 0 Å². The minimum absolute atomic E-state index is 0.0708. The Labute approximate surface area is 109 Å². The molecule has 0 atom stereocenters. The fourth-order valence-corrected chi connectivity index (χ4v) is 1.85. The van der Waals surface area contributed by atoms with Gasteiger partial charge in [0.05, 0.1) is 10.6 Å². The zero-order valence-electron chi connectivity index (χ0n) is 9.78. The Morgan fingerprint density at radius 1 is 1.39 bits per heavy atom. The van der Waals surface area contributed by atoms with Crippen LogP contribution in [0.2, 0.25) is 5.02 Å². The Bertz CT molecular complexity index is 598. The quantitative estimate of drug-likeness (QED) is 0.792. The van der Waals surface area contributed by atoms with Gasteiger partial charge in [-0.15, -0.1) is 0 Å². The standard InChI is InChI=1S/C14H11ClFNO/c1-9-2-3-11(13(16)6-9)14(18)7-10-4-5-17-8-12(10)15/h2-6,8H,7H2,1H3. The van der Waals surface area contributed by atoms with Crippen molar-refractivity contribution in [3.63, 3.8) is 0 Å². The van der Waals surface area contributed by atoms with Crippen LogP contribution in [0.1, 0.15) is 21.5 Å². The van der Waals surface area contributed by atoms with Crippen LogP contribution < -0.4 is 0 Å². The van der Waals surface area contributed by atoms with Gasteiger partial charge in [-0.1, -0.05) is 17.7 Å². The largest absolute Gasteiger partial charge is 0.294 e. The predicted molar refractivity (Wildman–Crippen MR) is 68.4 cm³/mol. The number of pyridine rings is 1. The SMILES string of the molecule is Cc1ccc(C(=O)Cc2ccncc2Cl)c(F)c1. The number of Topliss-reactive ketones (excluding diaryl/α,β-unsaturated/α-hetero) is 1. The number of benzene rings is 1. The first-order chi connectivity index (χ1) is 8.58. The zero-order chi connectivity index (χ0) is 13.1. The van der Waals surface area contributed by atoms with Crippen LogP contribution in [0.25, 0.3) is 0 Å². The predicted octanol–water partition coefficient (Wildman–Crippen LogP) is 3.61. The highest BCUT2D eigenvalue weighted by Crippen LogP contribution is 2.18. The molecule has 2 aromatic rings. The fraction of sp³-hybridized carbons (Fsp3) is 0.143. The van der Waals surface area contributed by atoms with E-state index in [0.29, 0.717) is 10.6 Å². The highest BCUT2D eigenvalue weighted by Gasteiger charge is 2.13. The molecule has 2 nitrogen and oxygen atoms in total. The molecule has 0 bridgehead atoms.